The lowest BCUT2D eigenvalue weighted by Gasteiger charge is -2.09. The van der Waals surface area contributed by atoms with Gasteiger partial charge in [0, 0.05) is 11.3 Å². The molecular weight excluding hydrogens is 322 g/mol. The molecule has 1 amide bonds. The van der Waals surface area contributed by atoms with E-state index in [0.717, 1.165) is 5.69 Å². The van der Waals surface area contributed by atoms with Gasteiger partial charge in [0.25, 0.3) is 5.91 Å². The number of hydrogen-bond donors (Lipinski definition) is 2. The van der Waals surface area contributed by atoms with Crippen molar-refractivity contribution in [2.75, 3.05) is 18.5 Å². The quantitative estimate of drug-likeness (QED) is 0.546. The molecule has 0 saturated heterocycles. The number of rotatable bonds is 8. The number of carbonyl (C=O) groups is 2. The average Bonchev–Trinajstić information content (AvgIpc) is 2.63. The highest BCUT2D eigenvalue weighted by molar-refractivity contribution is 5.99. The van der Waals surface area contributed by atoms with Gasteiger partial charge in [-0.3, -0.25) is 4.79 Å². The zero-order valence-corrected chi connectivity index (χ0v) is 13.7. The van der Waals surface area contributed by atoms with Crippen molar-refractivity contribution in [1.82, 2.24) is 5.43 Å². The van der Waals surface area contributed by atoms with Gasteiger partial charge in [0.15, 0.2) is 0 Å². The monoisotopic (exact) mass is 340 g/mol. The Bertz CT molecular complexity index is 760. The molecule has 0 aromatic heterocycles. The van der Waals surface area contributed by atoms with Gasteiger partial charge in [-0.05, 0) is 31.2 Å². The van der Waals surface area contributed by atoms with E-state index in [2.05, 4.69) is 15.8 Å². The number of nitrogens with zero attached hydrogens (tertiary/aromatic N) is 1. The van der Waals surface area contributed by atoms with Crippen LogP contribution in [-0.4, -0.2) is 30.7 Å². The lowest BCUT2D eigenvalue weighted by molar-refractivity contribution is -0.307. The van der Waals surface area contributed by atoms with E-state index < -0.39 is 12.6 Å². The molecular formula is C18H18N3O4-. The maximum atomic E-state index is 11.8. The van der Waals surface area contributed by atoms with Crippen LogP contribution in [0, 0.1) is 0 Å². The summed E-state index contributed by atoms with van der Waals surface area (Å²) in [6.07, 6.45) is 0. The summed E-state index contributed by atoms with van der Waals surface area (Å²) in [5.41, 5.74) is 4.57. The lowest BCUT2D eigenvalue weighted by atomic mass is 10.1. The van der Waals surface area contributed by atoms with Crippen molar-refractivity contribution in [2.24, 2.45) is 5.10 Å². The van der Waals surface area contributed by atoms with Gasteiger partial charge in [0.2, 0.25) is 0 Å². The van der Waals surface area contributed by atoms with Crippen LogP contribution in [0.5, 0.6) is 5.75 Å². The van der Waals surface area contributed by atoms with E-state index in [9.17, 15) is 14.7 Å². The topological polar surface area (TPSA) is 103 Å². The van der Waals surface area contributed by atoms with Crippen molar-refractivity contribution >= 4 is 23.3 Å². The predicted octanol–water partition coefficient (Wildman–Crippen LogP) is 0.768. The molecule has 0 unspecified atom stereocenters. The molecule has 7 heteroatoms. The van der Waals surface area contributed by atoms with Gasteiger partial charge < -0.3 is 20.0 Å². The maximum absolute atomic E-state index is 11.8. The van der Waals surface area contributed by atoms with Gasteiger partial charge in [-0.25, -0.2) is 5.43 Å². The Hall–Kier alpha value is -3.35. The summed E-state index contributed by atoms with van der Waals surface area (Å²) in [6, 6.07) is 16.1. The van der Waals surface area contributed by atoms with E-state index in [-0.39, 0.29) is 12.5 Å². The summed E-state index contributed by atoms with van der Waals surface area (Å²) in [7, 11) is 0. The van der Waals surface area contributed by atoms with Crippen molar-refractivity contribution in [3.05, 3.63) is 60.2 Å². The average molecular weight is 340 g/mol. The fourth-order valence-electron chi connectivity index (χ4n) is 1.94. The van der Waals surface area contributed by atoms with E-state index in [4.69, 9.17) is 4.74 Å². The van der Waals surface area contributed by atoms with Crippen LogP contribution >= 0.6 is 0 Å². The number of benzene rings is 2. The van der Waals surface area contributed by atoms with E-state index in [1.165, 1.54) is 0 Å². The summed E-state index contributed by atoms with van der Waals surface area (Å²) >= 11 is 0. The van der Waals surface area contributed by atoms with Gasteiger partial charge >= 0.3 is 0 Å². The smallest absolute Gasteiger partial charge is 0.259 e. The summed E-state index contributed by atoms with van der Waals surface area (Å²) in [4.78, 5) is 22.2. The van der Waals surface area contributed by atoms with Gasteiger partial charge in [0.05, 0.1) is 18.2 Å². The Morgan fingerprint density at radius 3 is 2.60 bits per heavy atom. The molecule has 2 N–H and O–H groups in total. The molecule has 0 atom stereocenters. The molecule has 25 heavy (non-hydrogen) atoms. The van der Waals surface area contributed by atoms with Crippen LogP contribution in [0.4, 0.5) is 5.69 Å². The predicted molar refractivity (Wildman–Crippen MR) is 92.2 cm³/mol. The minimum absolute atomic E-state index is 0.0928. The van der Waals surface area contributed by atoms with E-state index >= 15 is 0 Å². The molecule has 0 fully saturated rings. The zero-order valence-electron chi connectivity index (χ0n) is 13.7. The van der Waals surface area contributed by atoms with Crippen molar-refractivity contribution in [1.29, 1.82) is 0 Å². The molecule has 0 spiro atoms. The first kappa shape index (κ1) is 18.0. The van der Waals surface area contributed by atoms with E-state index in [1.54, 1.807) is 31.2 Å². The maximum Gasteiger partial charge on any atom is 0.259 e. The minimum Gasteiger partial charge on any atom is -0.546 e. The van der Waals surface area contributed by atoms with E-state index in [1.807, 2.05) is 30.3 Å². The molecule has 2 rings (SSSR count). The normalized spacial score (nSPS) is 10.8. The molecule has 0 aliphatic carbocycles. The third kappa shape index (κ3) is 6.34. The Labute approximate surface area is 145 Å². The van der Waals surface area contributed by atoms with Gasteiger partial charge in [-0.1, -0.05) is 30.3 Å². The molecule has 2 aromatic carbocycles. The number of carbonyl (C=O) groups excluding carboxylic acids is 2. The van der Waals surface area contributed by atoms with Gasteiger partial charge in [0.1, 0.15) is 12.4 Å². The van der Waals surface area contributed by atoms with Crippen LogP contribution in [0.25, 0.3) is 0 Å². The van der Waals surface area contributed by atoms with Crippen LogP contribution in [0.1, 0.15) is 12.5 Å². The van der Waals surface area contributed by atoms with Crippen LogP contribution < -0.4 is 20.6 Å². The second kappa shape index (κ2) is 9.07. The molecule has 0 aliphatic heterocycles. The molecule has 0 bridgehead atoms. The highest BCUT2D eigenvalue weighted by Gasteiger charge is 2.03. The number of aliphatic carboxylic acids is 1. The molecule has 0 heterocycles. The number of hydrogen-bond acceptors (Lipinski definition) is 6. The molecule has 7 nitrogen and oxygen atoms in total. The van der Waals surface area contributed by atoms with Crippen molar-refractivity contribution < 1.29 is 19.4 Å². The first-order valence-corrected chi connectivity index (χ1v) is 7.60. The second-order valence-corrected chi connectivity index (χ2v) is 5.14. The zero-order chi connectivity index (χ0) is 18.1. The molecule has 2 aromatic rings. The lowest BCUT2D eigenvalue weighted by Crippen LogP contribution is -2.29. The molecule has 0 aliphatic rings. The molecule has 130 valence electrons. The highest BCUT2D eigenvalue weighted by Crippen LogP contribution is 2.13. The number of para-hydroxylation sites is 1. The number of hydrazone groups is 1. The molecule has 0 saturated carbocycles. The van der Waals surface area contributed by atoms with Crippen LogP contribution in [0.15, 0.2) is 59.7 Å². The van der Waals surface area contributed by atoms with Crippen LogP contribution in [-0.2, 0) is 9.59 Å². The third-order valence-corrected chi connectivity index (χ3v) is 3.18. The van der Waals surface area contributed by atoms with Gasteiger partial charge in [-0.2, -0.15) is 5.10 Å². The summed E-state index contributed by atoms with van der Waals surface area (Å²) in [6.45, 7) is 1.29. The third-order valence-electron chi connectivity index (χ3n) is 3.18. The number of carboxylic acid groups (broad SMARTS) is 1. The SMILES string of the molecule is C/C(=N/NC(=O)CNc1ccccc1)c1cccc(OCC(=O)[O-])c1. The number of ether oxygens (including phenoxy) is 1. The number of anilines is 1. The number of carboxylic acids is 1. The standard InChI is InChI=1S/C18H19N3O4/c1-13(14-6-5-9-16(10-14)25-12-18(23)24)20-21-17(22)11-19-15-7-3-2-4-8-15/h2-10,19H,11-12H2,1H3,(H,21,22)(H,23,24)/p-1/b20-13-. The highest BCUT2D eigenvalue weighted by atomic mass is 16.5. The largest absolute Gasteiger partial charge is 0.546 e. The van der Waals surface area contributed by atoms with Crippen LogP contribution in [0.2, 0.25) is 0 Å². The first-order chi connectivity index (χ1) is 12.0. The number of nitrogens with one attached hydrogen (secondary N) is 2. The summed E-state index contributed by atoms with van der Waals surface area (Å²) in [5, 5.41) is 17.4. The fraction of sp³-hybridized carbons (Fsp3) is 0.167. The Morgan fingerprint density at radius 2 is 1.88 bits per heavy atom. The Morgan fingerprint density at radius 1 is 1.12 bits per heavy atom. The fourth-order valence-corrected chi connectivity index (χ4v) is 1.94. The van der Waals surface area contributed by atoms with Crippen molar-refractivity contribution in [3.8, 4) is 5.75 Å². The van der Waals surface area contributed by atoms with Gasteiger partial charge in [-0.15, -0.1) is 0 Å². The summed E-state index contributed by atoms with van der Waals surface area (Å²) < 4.78 is 5.06. The van der Waals surface area contributed by atoms with Crippen molar-refractivity contribution in [2.45, 2.75) is 6.92 Å². The second-order valence-electron chi connectivity index (χ2n) is 5.14. The van der Waals surface area contributed by atoms with E-state index in [0.29, 0.717) is 17.0 Å². The Balaban J connectivity index is 1.88. The summed E-state index contributed by atoms with van der Waals surface area (Å²) in [5.74, 6) is -1.20. The minimum atomic E-state index is -1.30. The Kier molecular flexibility index (Phi) is 6.53. The first-order valence-electron chi connectivity index (χ1n) is 7.60. The molecule has 0 radical (unpaired) electrons. The number of amides is 1. The van der Waals surface area contributed by atoms with Crippen molar-refractivity contribution in [3.63, 3.8) is 0 Å². The van der Waals surface area contributed by atoms with Crippen LogP contribution in [0.3, 0.4) is 0 Å².